The molecule has 1 fully saturated rings. The zero-order valence-corrected chi connectivity index (χ0v) is 12.9. The SMILES string of the molecule is ClCCN(CC1CSc2ccccc21)C1CCCC1. The highest BCUT2D eigenvalue weighted by molar-refractivity contribution is 7.99. The van der Waals surface area contributed by atoms with Crippen LogP contribution in [0.25, 0.3) is 0 Å². The standard InChI is InChI=1S/C16H22ClNS/c17-9-10-18(14-5-1-2-6-14)11-13-12-19-16-8-4-3-7-15(13)16/h3-4,7-8,13-14H,1-2,5-6,9-12H2. The zero-order valence-electron chi connectivity index (χ0n) is 11.4. The first-order valence-corrected chi connectivity index (χ1v) is 8.92. The Morgan fingerprint density at radius 1 is 1.21 bits per heavy atom. The van der Waals surface area contributed by atoms with Gasteiger partial charge < -0.3 is 0 Å². The lowest BCUT2D eigenvalue weighted by Crippen LogP contribution is -2.38. The van der Waals surface area contributed by atoms with Crippen LogP contribution in [0.1, 0.15) is 37.2 Å². The number of benzene rings is 1. The summed E-state index contributed by atoms with van der Waals surface area (Å²) in [6.07, 6.45) is 5.55. The van der Waals surface area contributed by atoms with Crippen LogP contribution in [-0.4, -0.2) is 35.7 Å². The van der Waals surface area contributed by atoms with E-state index in [4.69, 9.17) is 11.6 Å². The minimum absolute atomic E-state index is 0.699. The fourth-order valence-electron chi connectivity index (χ4n) is 3.46. The summed E-state index contributed by atoms with van der Waals surface area (Å²) in [5.41, 5.74) is 1.56. The van der Waals surface area contributed by atoms with Gasteiger partial charge >= 0.3 is 0 Å². The Morgan fingerprint density at radius 3 is 2.79 bits per heavy atom. The Labute approximate surface area is 125 Å². The van der Waals surface area contributed by atoms with Gasteiger partial charge in [-0.3, -0.25) is 4.90 Å². The van der Waals surface area contributed by atoms with Crippen molar-refractivity contribution < 1.29 is 0 Å². The first kappa shape index (κ1) is 13.8. The molecule has 1 atom stereocenters. The first-order chi connectivity index (χ1) is 9.38. The fraction of sp³-hybridized carbons (Fsp3) is 0.625. The summed E-state index contributed by atoms with van der Waals surface area (Å²) in [6, 6.07) is 9.70. The minimum atomic E-state index is 0.699. The molecule has 0 amide bonds. The average Bonchev–Trinajstić information content (AvgIpc) is 3.08. The summed E-state index contributed by atoms with van der Waals surface area (Å²) in [7, 11) is 0. The summed E-state index contributed by atoms with van der Waals surface area (Å²) >= 11 is 8.03. The van der Waals surface area contributed by atoms with Crippen LogP contribution in [0, 0.1) is 0 Å². The fourth-order valence-corrected chi connectivity index (χ4v) is 4.92. The van der Waals surface area contributed by atoms with Crippen LogP contribution in [0.3, 0.4) is 0 Å². The molecule has 1 aromatic carbocycles. The minimum Gasteiger partial charge on any atom is -0.299 e. The monoisotopic (exact) mass is 295 g/mol. The topological polar surface area (TPSA) is 3.24 Å². The van der Waals surface area contributed by atoms with Crippen molar-refractivity contribution in [3.05, 3.63) is 29.8 Å². The number of nitrogens with zero attached hydrogens (tertiary/aromatic N) is 1. The number of hydrogen-bond donors (Lipinski definition) is 0. The van der Waals surface area contributed by atoms with Crippen LogP contribution in [0.2, 0.25) is 0 Å². The summed E-state index contributed by atoms with van der Waals surface area (Å²) in [5, 5.41) is 0. The predicted molar refractivity (Wildman–Crippen MR) is 84.5 cm³/mol. The van der Waals surface area contributed by atoms with Crippen LogP contribution >= 0.6 is 23.4 Å². The Kier molecular flexibility index (Phi) is 4.73. The second-order valence-corrected chi connectivity index (χ2v) is 7.11. The van der Waals surface area contributed by atoms with Gasteiger partial charge in [-0.15, -0.1) is 23.4 Å². The molecule has 1 heterocycles. The van der Waals surface area contributed by atoms with E-state index in [1.807, 2.05) is 11.8 Å². The van der Waals surface area contributed by atoms with Gasteiger partial charge in [0.2, 0.25) is 0 Å². The van der Waals surface area contributed by atoms with Crippen molar-refractivity contribution >= 4 is 23.4 Å². The van der Waals surface area contributed by atoms with E-state index in [1.54, 1.807) is 5.56 Å². The molecule has 1 aliphatic carbocycles. The molecule has 1 nitrogen and oxygen atoms in total. The Balaban J connectivity index is 1.69. The van der Waals surface area contributed by atoms with Gasteiger partial charge in [0.25, 0.3) is 0 Å². The molecule has 0 bridgehead atoms. The van der Waals surface area contributed by atoms with E-state index in [0.717, 1.165) is 18.5 Å². The van der Waals surface area contributed by atoms with E-state index in [1.165, 1.54) is 42.9 Å². The number of halogens is 1. The van der Waals surface area contributed by atoms with Crippen LogP contribution < -0.4 is 0 Å². The highest BCUT2D eigenvalue weighted by Gasteiger charge is 2.28. The van der Waals surface area contributed by atoms with Crippen molar-refractivity contribution in [3.8, 4) is 0 Å². The molecular weight excluding hydrogens is 274 g/mol. The maximum absolute atomic E-state index is 6.01. The van der Waals surface area contributed by atoms with Gasteiger partial charge in [-0.1, -0.05) is 31.0 Å². The predicted octanol–water partition coefficient (Wildman–Crippen LogP) is 4.36. The smallest absolute Gasteiger partial charge is 0.0351 e. The summed E-state index contributed by atoms with van der Waals surface area (Å²) < 4.78 is 0. The highest BCUT2D eigenvalue weighted by Crippen LogP contribution is 2.40. The molecule has 0 aromatic heterocycles. The summed E-state index contributed by atoms with van der Waals surface area (Å²) in [6.45, 7) is 2.25. The summed E-state index contributed by atoms with van der Waals surface area (Å²) in [4.78, 5) is 4.15. The van der Waals surface area contributed by atoms with Crippen LogP contribution in [0.4, 0.5) is 0 Å². The summed E-state index contributed by atoms with van der Waals surface area (Å²) in [5.74, 6) is 2.70. The third-order valence-electron chi connectivity index (χ3n) is 4.47. The molecule has 19 heavy (non-hydrogen) atoms. The number of fused-ring (bicyclic) bond motifs is 1. The molecule has 0 spiro atoms. The van der Waals surface area contributed by atoms with Crippen molar-refractivity contribution in [1.29, 1.82) is 0 Å². The number of thioether (sulfide) groups is 1. The Bertz CT molecular complexity index is 417. The van der Waals surface area contributed by atoms with E-state index < -0.39 is 0 Å². The lowest BCUT2D eigenvalue weighted by Gasteiger charge is -2.30. The lowest BCUT2D eigenvalue weighted by atomic mass is 10.00. The van der Waals surface area contributed by atoms with Crippen molar-refractivity contribution in [2.24, 2.45) is 0 Å². The van der Waals surface area contributed by atoms with Gasteiger partial charge in [-0.2, -0.15) is 0 Å². The van der Waals surface area contributed by atoms with Crippen molar-refractivity contribution in [1.82, 2.24) is 4.90 Å². The third-order valence-corrected chi connectivity index (χ3v) is 5.89. The van der Waals surface area contributed by atoms with Gasteiger partial charge in [0.1, 0.15) is 0 Å². The average molecular weight is 296 g/mol. The molecule has 3 rings (SSSR count). The molecule has 104 valence electrons. The molecule has 1 aromatic rings. The van der Waals surface area contributed by atoms with E-state index in [0.29, 0.717) is 5.92 Å². The van der Waals surface area contributed by atoms with Gasteiger partial charge in [0.05, 0.1) is 0 Å². The molecule has 2 aliphatic rings. The number of alkyl halides is 1. The maximum atomic E-state index is 6.01. The van der Waals surface area contributed by atoms with E-state index in [2.05, 4.69) is 29.2 Å². The normalized spacial score (nSPS) is 23.2. The molecule has 0 N–H and O–H groups in total. The van der Waals surface area contributed by atoms with E-state index in [-0.39, 0.29) is 0 Å². The number of rotatable bonds is 5. The second kappa shape index (κ2) is 6.51. The first-order valence-electron chi connectivity index (χ1n) is 7.40. The molecular formula is C16H22ClNS. The maximum Gasteiger partial charge on any atom is 0.0351 e. The Morgan fingerprint density at radius 2 is 2.00 bits per heavy atom. The molecule has 0 saturated heterocycles. The lowest BCUT2D eigenvalue weighted by molar-refractivity contribution is 0.201. The van der Waals surface area contributed by atoms with Crippen LogP contribution in [0.15, 0.2) is 29.2 Å². The van der Waals surface area contributed by atoms with Crippen molar-refractivity contribution in [3.63, 3.8) is 0 Å². The van der Waals surface area contributed by atoms with Gasteiger partial charge in [0, 0.05) is 41.6 Å². The zero-order chi connectivity index (χ0) is 13.1. The van der Waals surface area contributed by atoms with Crippen LogP contribution in [-0.2, 0) is 0 Å². The molecule has 0 radical (unpaired) electrons. The molecule has 1 unspecified atom stereocenters. The van der Waals surface area contributed by atoms with Crippen molar-refractivity contribution in [2.75, 3.05) is 24.7 Å². The second-order valence-electron chi connectivity index (χ2n) is 5.67. The number of hydrogen-bond acceptors (Lipinski definition) is 2. The van der Waals surface area contributed by atoms with E-state index in [9.17, 15) is 0 Å². The van der Waals surface area contributed by atoms with Crippen LogP contribution in [0.5, 0.6) is 0 Å². The third kappa shape index (κ3) is 3.12. The largest absolute Gasteiger partial charge is 0.299 e. The highest BCUT2D eigenvalue weighted by atomic mass is 35.5. The molecule has 1 aliphatic heterocycles. The van der Waals surface area contributed by atoms with Gasteiger partial charge in [-0.05, 0) is 24.5 Å². The quantitative estimate of drug-likeness (QED) is 0.743. The van der Waals surface area contributed by atoms with Gasteiger partial charge in [0.15, 0.2) is 0 Å². The molecule has 3 heteroatoms. The molecule has 1 saturated carbocycles. The van der Waals surface area contributed by atoms with Crippen molar-refractivity contribution in [2.45, 2.75) is 42.5 Å². The van der Waals surface area contributed by atoms with Gasteiger partial charge in [-0.25, -0.2) is 0 Å². The Hall–Kier alpha value is -0.180. The van der Waals surface area contributed by atoms with E-state index >= 15 is 0 Å².